The van der Waals surface area contributed by atoms with E-state index in [0.29, 0.717) is 24.6 Å². The molecule has 2 aromatic rings. The van der Waals surface area contributed by atoms with Crippen LogP contribution in [0, 0.1) is 0 Å². The molecule has 0 saturated carbocycles. The fourth-order valence-electron chi connectivity index (χ4n) is 2.65. The number of rotatable bonds is 7. The Morgan fingerprint density at radius 1 is 1.22 bits per heavy atom. The first-order valence-electron chi connectivity index (χ1n) is 8.83. The molecule has 9 nitrogen and oxygen atoms in total. The topological polar surface area (TPSA) is 101 Å². The van der Waals surface area contributed by atoms with Crippen molar-refractivity contribution in [2.24, 2.45) is 0 Å². The largest absolute Gasteiger partial charge is 0.497 e. The molecule has 0 aliphatic carbocycles. The molecule has 1 fully saturated rings. The molecule has 1 saturated heterocycles. The van der Waals surface area contributed by atoms with Crippen LogP contribution >= 0.6 is 0 Å². The number of benzene rings is 1. The zero-order valence-corrected chi connectivity index (χ0v) is 15.3. The maximum atomic E-state index is 11.9. The minimum Gasteiger partial charge on any atom is -0.497 e. The minimum atomic E-state index is -0.268. The number of methoxy groups -OCH3 is 1. The number of carbonyl (C=O) groups excluding carboxylic acids is 1. The van der Waals surface area contributed by atoms with Gasteiger partial charge in [0.1, 0.15) is 5.75 Å². The molecule has 1 aromatic carbocycles. The van der Waals surface area contributed by atoms with Crippen molar-refractivity contribution in [1.29, 1.82) is 0 Å². The van der Waals surface area contributed by atoms with Gasteiger partial charge in [-0.15, -0.1) is 5.10 Å². The Labute approximate surface area is 158 Å². The maximum absolute atomic E-state index is 11.9. The van der Waals surface area contributed by atoms with Gasteiger partial charge in [-0.3, -0.25) is 0 Å². The van der Waals surface area contributed by atoms with E-state index >= 15 is 0 Å². The highest BCUT2D eigenvalue weighted by molar-refractivity contribution is 5.89. The third-order valence-electron chi connectivity index (χ3n) is 4.08. The van der Waals surface area contributed by atoms with Crippen LogP contribution in [0.5, 0.6) is 5.75 Å². The van der Waals surface area contributed by atoms with Crippen LogP contribution in [0.2, 0.25) is 0 Å². The third-order valence-corrected chi connectivity index (χ3v) is 4.08. The summed E-state index contributed by atoms with van der Waals surface area (Å²) in [4.78, 5) is 14.1. The van der Waals surface area contributed by atoms with Crippen LogP contribution in [0.4, 0.5) is 22.0 Å². The highest BCUT2D eigenvalue weighted by Crippen LogP contribution is 2.17. The average Bonchev–Trinajstić information content (AvgIpc) is 2.73. The van der Waals surface area contributed by atoms with Crippen molar-refractivity contribution in [3.63, 3.8) is 0 Å². The number of aromatic nitrogens is 2. The Hall–Kier alpha value is -3.07. The Balaban J connectivity index is 1.39. The van der Waals surface area contributed by atoms with Crippen molar-refractivity contribution >= 4 is 23.2 Å². The van der Waals surface area contributed by atoms with E-state index in [-0.39, 0.29) is 6.03 Å². The SMILES string of the molecule is COc1ccc(NC(=O)NCCNc2cc(N3CCOCC3)cnn2)cc1. The summed E-state index contributed by atoms with van der Waals surface area (Å²) in [6, 6.07) is 8.83. The first-order chi connectivity index (χ1) is 13.2. The predicted octanol–water partition coefficient (Wildman–Crippen LogP) is 1.56. The number of carbonyl (C=O) groups is 1. The van der Waals surface area contributed by atoms with Gasteiger partial charge in [-0.25, -0.2) is 4.79 Å². The lowest BCUT2D eigenvalue weighted by molar-refractivity contribution is 0.122. The fraction of sp³-hybridized carbons (Fsp3) is 0.389. The predicted molar refractivity (Wildman–Crippen MR) is 104 cm³/mol. The van der Waals surface area contributed by atoms with Crippen LogP contribution in [-0.2, 0) is 4.74 Å². The van der Waals surface area contributed by atoms with Gasteiger partial charge in [-0.2, -0.15) is 5.10 Å². The smallest absolute Gasteiger partial charge is 0.319 e. The molecule has 0 unspecified atom stereocenters. The van der Waals surface area contributed by atoms with Crippen LogP contribution < -0.4 is 25.6 Å². The molecule has 1 aromatic heterocycles. The van der Waals surface area contributed by atoms with E-state index in [9.17, 15) is 4.79 Å². The Morgan fingerprint density at radius 3 is 2.74 bits per heavy atom. The lowest BCUT2D eigenvalue weighted by atomic mass is 10.3. The van der Waals surface area contributed by atoms with Gasteiger partial charge in [-0.05, 0) is 24.3 Å². The summed E-state index contributed by atoms with van der Waals surface area (Å²) in [5.74, 6) is 1.42. The van der Waals surface area contributed by atoms with E-state index in [1.807, 2.05) is 6.07 Å². The Bertz CT molecular complexity index is 734. The van der Waals surface area contributed by atoms with Gasteiger partial charge in [-0.1, -0.05) is 0 Å². The molecule has 2 heterocycles. The van der Waals surface area contributed by atoms with Gasteiger partial charge in [0.05, 0.1) is 32.2 Å². The summed E-state index contributed by atoms with van der Waals surface area (Å²) in [6.45, 7) is 4.12. The molecule has 0 bridgehead atoms. The van der Waals surface area contributed by atoms with Crippen molar-refractivity contribution in [2.45, 2.75) is 0 Å². The first-order valence-corrected chi connectivity index (χ1v) is 8.83. The van der Waals surface area contributed by atoms with Gasteiger partial charge in [0.2, 0.25) is 0 Å². The van der Waals surface area contributed by atoms with E-state index in [2.05, 4.69) is 31.0 Å². The number of hydrogen-bond donors (Lipinski definition) is 3. The number of ether oxygens (including phenoxy) is 2. The molecule has 0 atom stereocenters. The lowest BCUT2D eigenvalue weighted by Crippen LogP contribution is -2.36. The third kappa shape index (κ3) is 5.71. The molecule has 9 heteroatoms. The van der Waals surface area contributed by atoms with Crippen LogP contribution in [-0.4, -0.2) is 62.7 Å². The Morgan fingerprint density at radius 2 is 2.00 bits per heavy atom. The van der Waals surface area contributed by atoms with E-state index in [4.69, 9.17) is 9.47 Å². The Kier molecular flexibility index (Phi) is 6.64. The van der Waals surface area contributed by atoms with Crippen molar-refractivity contribution in [3.8, 4) is 5.75 Å². The van der Waals surface area contributed by atoms with Crippen LogP contribution in [0.1, 0.15) is 0 Å². The number of anilines is 3. The van der Waals surface area contributed by atoms with E-state index < -0.39 is 0 Å². The fourth-order valence-corrected chi connectivity index (χ4v) is 2.65. The van der Waals surface area contributed by atoms with E-state index in [0.717, 1.165) is 37.7 Å². The summed E-state index contributed by atoms with van der Waals surface area (Å²) in [7, 11) is 1.60. The zero-order chi connectivity index (χ0) is 18.9. The van der Waals surface area contributed by atoms with Gasteiger partial charge >= 0.3 is 6.03 Å². The molecule has 0 spiro atoms. The first kappa shape index (κ1) is 18.7. The molecular weight excluding hydrogens is 348 g/mol. The lowest BCUT2D eigenvalue weighted by Gasteiger charge is -2.28. The zero-order valence-electron chi connectivity index (χ0n) is 15.3. The number of hydrogen-bond acceptors (Lipinski definition) is 7. The number of nitrogens with one attached hydrogen (secondary N) is 3. The molecule has 2 amide bonds. The second-order valence-corrected chi connectivity index (χ2v) is 5.93. The van der Waals surface area contributed by atoms with Gasteiger partial charge in [0.15, 0.2) is 5.82 Å². The molecule has 27 heavy (non-hydrogen) atoms. The average molecular weight is 372 g/mol. The normalized spacial score (nSPS) is 13.7. The molecule has 0 radical (unpaired) electrons. The molecule has 1 aliphatic rings. The van der Waals surface area contributed by atoms with Gasteiger partial charge in [0.25, 0.3) is 0 Å². The number of amides is 2. The summed E-state index contributed by atoms with van der Waals surface area (Å²) in [5, 5.41) is 16.8. The van der Waals surface area contributed by atoms with Crippen molar-refractivity contribution < 1.29 is 14.3 Å². The highest BCUT2D eigenvalue weighted by atomic mass is 16.5. The summed E-state index contributed by atoms with van der Waals surface area (Å²) >= 11 is 0. The van der Waals surface area contributed by atoms with Gasteiger partial charge in [0, 0.05) is 37.9 Å². The standard InChI is InChI=1S/C18H24N6O3/c1-26-16-4-2-14(3-5-16)22-18(25)20-7-6-19-17-12-15(13-21-23-17)24-8-10-27-11-9-24/h2-5,12-13H,6-11H2,1H3,(H,19,23)(H2,20,22,25). The van der Waals surface area contributed by atoms with E-state index in [1.165, 1.54) is 0 Å². The molecule has 3 rings (SSSR count). The number of morpholine rings is 1. The number of urea groups is 1. The second-order valence-electron chi connectivity index (χ2n) is 5.93. The van der Waals surface area contributed by atoms with Crippen LogP contribution in [0.15, 0.2) is 36.5 Å². The molecule has 3 N–H and O–H groups in total. The molecular formula is C18H24N6O3. The van der Waals surface area contributed by atoms with Crippen LogP contribution in [0.3, 0.4) is 0 Å². The summed E-state index contributed by atoms with van der Waals surface area (Å²) in [5.41, 5.74) is 1.71. The summed E-state index contributed by atoms with van der Waals surface area (Å²) < 4.78 is 10.4. The van der Waals surface area contributed by atoms with Crippen molar-refractivity contribution in [2.75, 3.05) is 62.0 Å². The quantitative estimate of drug-likeness (QED) is 0.634. The van der Waals surface area contributed by atoms with Gasteiger partial charge < -0.3 is 30.3 Å². The summed E-state index contributed by atoms with van der Waals surface area (Å²) in [6.07, 6.45) is 1.75. The van der Waals surface area contributed by atoms with Crippen molar-refractivity contribution in [3.05, 3.63) is 36.5 Å². The molecule has 144 valence electrons. The number of nitrogens with zero attached hydrogens (tertiary/aromatic N) is 3. The molecule has 1 aliphatic heterocycles. The maximum Gasteiger partial charge on any atom is 0.319 e. The van der Waals surface area contributed by atoms with Crippen LogP contribution in [0.25, 0.3) is 0 Å². The minimum absolute atomic E-state index is 0.268. The van der Waals surface area contributed by atoms with Crippen molar-refractivity contribution in [1.82, 2.24) is 15.5 Å². The second kappa shape index (κ2) is 9.58. The highest BCUT2D eigenvalue weighted by Gasteiger charge is 2.12. The van der Waals surface area contributed by atoms with E-state index in [1.54, 1.807) is 37.6 Å². The monoisotopic (exact) mass is 372 g/mol.